The molecule has 3 aliphatic carbocycles. The van der Waals surface area contributed by atoms with Crippen molar-refractivity contribution in [3.63, 3.8) is 0 Å². The quantitative estimate of drug-likeness (QED) is 0.597. The van der Waals surface area contributed by atoms with Gasteiger partial charge in [-0.15, -0.1) is 0 Å². The minimum atomic E-state index is -1.17. The molecule has 0 aromatic heterocycles. The molecular weight excluding hydrogens is 432 g/mol. The van der Waals surface area contributed by atoms with Gasteiger partial charge in [-0.1, -0.05) is 67.8 Å². The van der Waals surface area contributed by atoms with Crippen LogP contribution in [-0.4, -0.2) is 41.3 Å². The molecule has 2 unspecified atom stereocenters. The van der Waals surface area contributed by atoms with Crippen molar-refractivity contribution in [1.82, 2.24) is 10.6 Å². The van der Waals surface area contributed by atoms with Crippen LogP contribution in [0.1, 0.15) is 62.0 Å². The molecule has 0 heterocycles. The van der Waals surface area contributed by atoms with Crippen LogP contribution in [0, 0.1) is 5.92 Å². The molecule has 3 aliphatic rings. The Bertz CT molecular complexity index is 1060. The molecule has 2 amide bonds. The first-order valence-corrected chi connectivity index (χ1v) is 12.2. The lowest BCUT2D eigenvalue weighted by Crippen LogP contribution is -2.56. The van der Waals surface area contributed by atoms with Crippen molar-refractivity contribution < 1.29 is 24.2 Å². The van der Waals surface area contributed by atoms with Crippen molar-refractivity contribution in [2.24, 2.45) is 5.92 Å². The van der Waals surface area contributed by atoms with Crippen molar-refractivity contribution in [3.05, 3.63) is 59.7 Å². The molecule has 2 saturated carbocycles. The number of ether oxygens (including phenoxy) is 1. The Balaban J connectivity index is 1.21. The van der Waals surface area contributed by atoms with Crippen LogP contribution < -0.4 is 10.6 Å². The molecule has 2 atom stereocenters. The zero-order valence-electron chi connectivity index (χ0n) is 19.1. The molecule has 0 radical (unpaired) electrons. The Labute approximate surface area is 198 Å². The van der Waals surface area contributed by atoms with Crippen LogP contribution >= 0.6 is 0 Å². The summed E-state index contributed by atoms with van der Waals surface area (Å²) in [5.41, 5.74) is 3.45. The Morgan fingerprint density at radius 2 is 1.53 bits per heavy atom. The van der Waals surface area contributed by atoms with Crippen LogP contribution in [0.2, 0.25) is 0 Å². The number of hydrogen-bond donors (Lipinski definition) is 3. The summed E-state index contributed by atoms with van der Waals surface area (Å²) in [6.07, 6.45) is 4.03. The van der Waals surface area contributed by atoms with Gasteiger partial charge >= 0.3 is 12.1 Å². The van der Waals surface area contributed by atoms with E-state index >= 15 is 0 Å². The molecule has 2 fully saturated rings. The summed E-state index contributed by atoms with van der Waals surface area (Å²) in [6, 6.07) is 16.0. The number of carboxylic acids is 1. The van der Waals surface area contributed by atoms with Crippen molar-refractivity contribution >= 4 is 18.0 Å². The van der Waals surface area contributed by atoms with Gasteiger partial charge in [-0.3, -0.25) is 4.79 Å². The fraction of sp³-hybridized carbons (Fsp3) is 0.444. The van der Waals surface area contributed by atoms with E-state index in [0.29, 0.717) is 25.7 Å². The van der Waals surface area contributed by atoms with Crippen LogP contribution in [-0.2, 0) is 14.3 Å². The van der Waals surface area contributed by atoms with Gasteiger partial charge < -0.3 is 20.5 Å². The van der Waals surface area contributed by atoms with Crippen LogP contribution in [0.25, 0.3) is 11.1 Å². The number of fused-ring (bicyclic) bond motifs is 3. The molecule has 7 heteroatoms. The van der Waals surface area contributed by atoms with Gasteiger partial charge in [0, 0.05) is 12.0 Å². The zero-order chi connectivity index (χ0) is 23.7. The number of nitrogens with one attached hydrogen (secondary N) is 2. The van der Waals surface area contributed by atoms with E-state index in [2.05, 4.69) is 34.9 Å². The van der Waals surface area contributed by atoms with Crippen molar-refractivity contribution in [3.8, 4) is 11.1 Å². The Morgan fingerprint density at radius 3 is 2.15 bits per heavy atom. The number of carbonyl (C=O) groups excluding carboxylic acids is 2. The minimum absolute atomic E-state index is 0.0291. The monoisotopic (exact) mass is 462 g/mol. The van der Waals surface area contributed by atoms with Crippen molar-refractivity contribution in [2.75, 3.05) is 6.61 Å². The first-order chi connectivity index (χ1) is 16.5. The fourth-order valence-electron chi connectivity index (χ4n) is 5.94. The number of alkyl carbamates (subject to hydrolysis) is 1. The molecule has 34 heavy (non-hydrogen) atoms. The zero-order valence-corrected chi connectivity index (χ0v) is 19.1. The standard InChI is InChI=1S/C27H30N2O5/c30-24(29-27(25(31)32)14-5-6-15-27)21-12-7-13-23(21)28-26(33)34-16-22-19-10-3-1-8-17(19)18-9-2-4-11-20(18)22/h1-4,8-11,21-23H,5-7,12-16H2,(H,28,33)(H,29,30)(H,31,32). The highest BCUT2D eigenvalue weighted by atomic mass is 16.5. The molecule has 2 aromatic rings. The van der Waals surface area contributed by atoms with E-state index in [-0.39, 0.29) is 24.5 Å². The van der Waals surface area contributed by atoms with E-state index < -0.39 is 23.5 Å². The maximum Gasteiger partial charge on any atom is 0.407 e. The Morgan fingerprint density at radius 1 is 0.912 bits per heavy atom. The van der Waals surface area contributed by atoms with Crippen molar-refractivity contribution in [2.45, 2.75) is 62.4 Å². The highest BCUT2D eigenvalue weighted by molar-refractivity contribution is 5.89. The molecule has 178 valence electrons. The number of carboxylic acid groups (broad SMARTS) is 1. The second kappa shape index (κ2) is 9.12. The predicted molar refractivity (Wildman–Crippen MR) is 126 cm³/mol. The molecule has 7 nitrogen and oxygen atoms in total. The van der Waals surface area contributed by atoms with Gasteiger partial charge in [0.05, 0.1) is 5.92 Å². The second-order valence-corrected chi connectivity index (χ2v) is 9.70. The lowest BCUT2D eigenvalue weighted by Gasteiger charge is -2.29. The third-order valence-corrected chi connectivity index (χ3v) is 7.73. The molecule has 2 aromatic carbocycles. The molecule has 0 aliphatic heterocycles. The number of rotatable bonds is 6. The number of benzene rings is 2. The normalized spacial score (nSPS) is 22.6. The van der Waals surface area contributed by atoms with Gasteiger partial charge in [0.2, 0.25) is 5.91 Å². The largest absolute Gasteiger partial charge is 0.480 e. The summed E-state index contributed by atoms with van der Waals surface area (Å²) in [6.45, 7) is 0.214. The molecule has 5 rings (SSSR count). The van der Waals surface area contributed by atoms with E-state index in [1.807, 2.05) is 24.3 Å². The average molecular weight is 463 g/mol. The van der Waals surface area contributed by atoms with Crippen LogP contribution in [0.15, 0.2) is 48.5 Å². The third-order valence-electron chi connectivity index (χ3n) is 7.73. The van der Waals surface area contributed by atoms with Gasteiger partial charge in [0.25, 0.3) is 0 Å². The second-order valence-electron chi connectivity index (χ2n) is 9.70. The van der Waals surface area contributed by atoms with E-state index in [0.717, 1.165) is 30.4 Å². The first kappa shape index (κ1) is 22.4. The third kappa shape index (κ3) is 4.04. The smallest absolute Gasteiger partial charge is 0.407 e. The van der Waals surface area contributed by atoms with Crippen LogP contribution in [0.5, 0.6) is 0 Å². The molecule has 0 saturated heterocycles. The SMILES string of the molecule is O=C(NC1CCCC1C(=O)NC1(C(=O)O)CCCC1)OCC1c2ccccc2-c2ccccc21. The predicted octanol–water partition coefficient (Wildman–Crippen LogP) is 4.21. The summed E-state index contributed by atoms with van der Waals surface area (Å²) in [4.78, 5) is 37.5. The highest BCUT2D eigenvalue weighted by Gasteiger charge is 2.45. The Kier molecular flexibility index (Phi) is 6.02. The fourth-order valence-corrected chi connectivity index (χ4v) is 5.94. The lowest BCUT2D eigenvalue weighted by atomic mass is 9.94. The van der Waals surface area contributed by atoms with Gasteiger partial charge in [-0.2, -0.15) is 0 Å². The molecule has 3 N–H and O–H groups in total. The highest BCUT2D eigenvalue weighted by Crippen LogP contribution is 2.44. The van der Waals surface area contributed by atoms with Gasteiger partial charge in [0.15, 0.2) is 0 Å². The van der Waals surface area contributed by atoms with E-state index in [1.165, 1.54) is 11.1 Å². The first-order valence-electron chi connectivity index (χ1n) is 12.2. The van der Waals surface area contributed by atoms with Gasteiger partial charge in [0.1, 0.15) is 12.1 Å². The summed E-state index contributed by atoms with van der Waals surface area (Å²) >= 11 is 0. The number of amides is 2. The molecule has 0 bridgehead atoms. The lowest BCUT2D eigenvalue weighted by molar-refractivity contribution is -0.148. The number of aliphatic carboxylic acids is 1. The minimum Gasteiger partial charge on any atom is -0.480 e. The number of carbonyl (C=O) groups is 3. The average Bonchev–Trinajstić information content (AvgIpc) is 3.56. The van der Waals surface area contributed by atoms with Crippen LogP contribution in [0.4, 0.5) is 4.79 Å². The molecule has 0 spiro atoms. The maximum atomic E-state index is 13.0. The summed E-state index contributed by atoms with van der Waals surface area (Å²) < 4.78 is 5.65. The summed E-state index contributed by atoms with van der Waals surface area (Å²) in [5.74, 6) is -1.74. The van der Waals surface area contributed by atoms with Gasteiger partial charge in [-0.25, -0.2) is 9.59 Å². The number of hydrogen-bond acceptors (Lipinski definition) is 4. The topological polar surface area (TPSA) is 105 Å². The summed E-state index contributed by atoms with van der Waals surface area (Å²) in [5, 5.41) is 15.4. The van der Waals surface area contributed by atoms with E-state index in [9.17, 15) is 19.5 Å². The van der Waals surface area contributed by atoms with Crippen LogP contribution in [0.3, 0.4) is 0 Å². The summed E-state index contributed by atoms with van der Waals surface area (Å²) in [7, 11) is 0. The van der Waals surface area contributed by atoms with E-state index in [4.69, 9.17) is 4.74 Å². The van der Waals surface area contributed by atoms with Crippen molar-refractivity contribution in [1.29, 1.82) is 0 Å². The molecular formula is C27H30N2O5. The van der Waals surface area contributed by atoms with E-state index in [1.54, 1.807) is 0 Å². The Hall–Kier alpha value is -3.35. The maximum absolute atomic E-state index is 13.0. The van der Waals surface area contributed by atoms with Gasteiger partial charge in [-0.05, 0) is 47.9 Å².